The number of aromatic nitrogens is 4. The second kappa shape index (κ2) is 17.9. The first-order valence-corrected chi connectivity index (χ1v) is 25.9. The largest absolute Gasteiger partial charge is 0.453 e. The monoisotopic (exact) mass is 949 g/mol. The van der Waals surface area contributed by atoms with Crippen LogP contribution in [0.15, 0.2) is 48.7 Å². The second-order valence-corrected chi connectivity index (χ2v) is 22.3. The van der Waals surface area contributed by atoms with Crippen LogP contribution in [0.1, 0.15) is 150 Å². The Morgan fingerprint density at radius 3 is 1.83 bits per heavy atom. The highest BCUT2D eigenvalue weighted by molar-refractivity contribution is 5.90. The minimum atomic E-state index is -0.698. The van der Waals surface area contributed by atoms with Crippen LogP contribution >= 0.6 is 0 Å². The van der Waals surface area contributed by atoms with Crippen LogP contribution in [-0.2, 0) is 25.5 Å². The Bertz CT molecular complexity index is 2900. The molecule has 4 N–H and O–H groups in total. The van der Waals surface area contributed by atoms with Gasteiger partial charge in [0.1, 0.15) is 23.7 Å². The Morgan fingerprint density at radius 1 is 0.671 bits per heavy atom. The summed E-state index contributed by atoms with van der Waals surface area (Å²) in [6.45, 7) is 13.3. The Hall–Kier alpha value is -6.18. The molecule has 2 aliphatic heterocycles. The number of ether oxygens (including phenoxy) is 2. The van der Waals surface area contributed by atoms with Gasteiger partial charge in [-0.15, -0.1) is 0 Å². The number of rotatable bonds is 11. The molecule has 2 saturated heterocycles. The van der Waals surface area contributed by atoms with Crippen LogP contribution in [-0.4, -0.2) is 93.1 Å². The van der Waals surface area contributed by atoms with Crippen molar-refractivity contribution in [3.05, 3.63) is 82.6 Å². The molecule has 2 bridgehead atoms. The SMILES string of the molecule is COC(=O)N[C@H](C(=O)N1C[C@@H](C)C[C@H]1c1ncc(-c2ccc(-c3ccc(-c4ccc5nc([C@@H]6C[C@H](C)CN6C(=O)[C@@H](NC(=O)OC)C(C)C)[nH]c5c4)c4c3[C@@H]3CC[C@H]4C3)c3c2CC2CCC32)[nH]1)C(C)C. The Balaban J connectivity index is 0.907. The van der Waals surface area contributed by atoms with E-state index < -0.39 is 24.3 Å². The molecule has 2 unspecified atom stereocenters. The first-order valence-electron chi connectivity index (χ1n) is 25.9. The van der Waals surface area contributed by atoms with Gasteiger partial charge in [-0.3, -0.25) is 9.59 Å². The van der Waals surface area contributed by atoms with Crippen molar-refractivity contribution >= 4 is 35.0 Å². The first-order chi connectivity index (χ1) is 33.7. The highest BCUT2D eigenvalue weighted by atomic mass is 16.5. The quantitative estimate of drug-likeness (QED) is 0.101. The number of hydrogen-bond acceptors (Lipinski definition) is 8. The molecule has 6 aliphatic rings. The van der Waals surface area contributed by atoms with E-state index in [1.165, 1.54) is 96.4 Å². The molecule has 2 saturated carbocycles. The molecule has 14 heteroatoms. The summed E-state index contributed by atoms with van der Waals surface area (Å²) in [7, 11) is 2.64. The number of nitrogens with zero attached hydrogens (tertiary/aromatic N) is 4. The van der Waals surface area contributed by atoms with Crippen LogP contribution in [0.3, 0.4) is 0 Å². The minimum absolute atomic E-state index is 0.109. The number of imidazole rings is 2. The van der Waals surface area contributed by atoms with Gasteiger partial charge in [0.15, 0.2) is 0 Å². The molecule has 0 radical (unpaired) electrons. The zero-order valence-corrected chi connectivity index (χ0v) is 41.9. The first kappa shape index (κ1) is 46.2. The van der Waals surface area contributed by atoms with Gasteiger partial charge in [-0.1, -0.05) is 71.9 Å². The summed E-state index contributed by atoms with van der Waals surface area (Å²) in [6.07, 6.45) is 9.47. The highest BCUT2D eigenvalue weighted by Gasteiger charge is 2.46. The Labute approximate surface area is 410 Å². The summed E-state index contributed by atoms with van der Waals surface area (Å²) in [5, 5.41) is 5.55. The van der Waals surface area contributed by atoms with E-state index in [-0.39, 0.29) is 47.6 Å². The fraction of sp³-hybridized carbons (Fsp3) is 0.536. The molecule has 4 amide bonds. The lowest BCUT2D eigenvalue weighted by atomic mass is 9.72. The maximum atomic E-state index is 14.1. The van der Waals surface area contributed by atoms with Gasteiger partial charge in [0.25, 0.3) is 0 Å². The fourth-order valence-electron chi connectivity index (χ4n) is 13.6. The number of alkyl carbamates (subject to hydrolysis) is 2. The maximum absolute atomic E-state index is 14.1. The standard InChI is InChI=1S/C56H68N8O6/c1-27(2)49(61-55(67)69-7)53(65)63-25-29(5)19-44(63)51-57-24-43(60-51)37-15-17-39(48-36-13-11-31(36)22-40(37)48)38-16-14-35(46-33-9-10-34(21-33)47(38)46)32-12-18-41-42(23-32)59-52(58-41)45-20-30(6)26-64(45)54(66)50(28(3)4)62-56(68)70-8/h12,14-18,23-24,27-31,33-34,36,44-45,49-50H,9-11,13,19-22,25-26H2,1-8H3,(H,57,60)(H,58,59)(H,61,67)(H,62,68)/t29-,30-,31?,33-,34+,36?,44-,45-,49-,50-/m0/s1. The van der Waals surface area contributed by atoms with Gasteiger partial charge >= 0.3 is 12.2 Å². The third kappa shape index (κ3) is 7.75. The Morgan fingerprint density at radius 2 is 1.24 bits per heavy atom. The smallest absolute Gasteiger partial charge is 0.407 e. The summed E-state index contributed by atoms with van der Waals surface area (Å²) in [5.74, 6) is 3.95. The third-order valence-corrected chi connectivity index (χ3v) is 17.1. The van der Waals surface area contributed by atoms with Crippen molar-refractivity contribution in [3.63, 3.8) is 0 Å². The maximum Gasteiger partial charge on any atom is 0.407 e. The molecule has 4 fully saturated rings. The van der Waals surface area contributed by atoms with Gasteiger partial charge in [0, 0.05) is 18.7 Å². The molecule has 70 heavy (non-hydrogen) atoms. The molecule has 10 atom stereocenters. The van der Waals surface area contributed by atoms with Gasteiger partial charge in [-0.2, -0.15) is 0 Å². The molecular weight excluding hydrogens is 881 g/mol. The number of benzene rings is 3. The average Bonchev–Trinajstić information content (AvgIpc) is 4.22. The van der Waals surface area contributed by atoms with Gasteiger partial charge in [-0.25, -0.2) is 19.6 Å². The molecule has 5 aromatic rings. The van der Waals surface area contributed by atoms with Crippen LogP contribution in [0.25, 0.3) is 44.5 Å². The Kier molecular flexibility index (Phi) is 11.8. The lowest BCUT2D eigenvalue weighted by Crippen LogP contribution is -2.51. The number of methoxy groups -OCH3 is 2. The summed E-state index contributed by atoms with van der Waals surface area (Å²) >= 11 is 0. The molecule has 2 aromatic heterocycles. The van der Waals surface area contributed by atoms with Crippen molar-refractivity contribution in [3.8, 4) is 33.5 Å². The van der Waals surface area contributed by atoms with Crippen LogP contribution in [0.5, 0.6) is 0 Å². The zero-order valence-electron chi connectivity index (χ0n) is 41.9. The van der Waals surface area contributed by atoms with E-state index in [0.717, 1.165) is 47.6 Å². The van der Waals surface area contributed by atoms with E-state index in [9.17, 15) is 19.2 Å². The van der Waals surface area contributed by atoms with E-state index in [0.29, 0.717) is 36.8 Å². The lowest BCUT2D eigenvalue weighted by Gasteiger charge is -2.32. The normalized spacial score (nSPS) is 26.0. The summed E-state index contributed by atoms with van der Waals surface area (Å²) in [4.78, 5) is 73.8. The van der Waals surface area contributed by atoms with E-state index >= 15 is 0 Å². The van der Waals surface area contributed by atoms with E-state index in [4.69, 9.17) is 19.4 Å². The number of hydrogen-bond donors (Lipinski definition) is 4. The summed E-state index contributed by atoms with van der Waals surface area (Å²) in [6, 6.07) is 14.3. The number of amides is 4. The van der Waals surface area contributed by atoms with E-state index in [2.05, 4.69) is 76.9 Å². The van der Waals surface area contributed by atoms with Gasteiger partial charge < -0.3 is 39.9 Å². The van der Waals surface area contributed by atoms with Crippen molar-refractivity contribution in [1.29, 1.82) is 0 Å². The van der Waals surface area contributed by atoms with Crippen molar-refractivity contribution in [2.75, 3.05) is 27.3 Å². The van der Waals surface area contributed by atoms with E-state index in [1.54, 1.807) is 0 Å². The molecule has 4 aliphatic carbocycles. The van der Waals surface area contributed by atoms with Crippen molar-refractivity contribution in [2.24, 2.45) is 29.6 Å². The van der Waals surface area contributed by atoms with Crippen molar-refractivity contribution in [2.45, 2.75) is 135 Å². The highest BCUT2D eigenvalue weighted by Crippen LogP contribution is 2.61. The number of H-pyrrole nitrogens is 2. The minimum Gasteiger partial charge on any atom is -0.453 e. The van der Waals surface area contributed by atoms with Crippen LogP contribution in [0.2, 0.25) is 0 Å². The number of likely N-dealkylation sites (tertiary alicyclic amines) is 2. The molecule has 368 valence electrons. The topological polar surface area (TPSA) is 175 Å². The molecule has 4 heterocycles. The predicted octanol–water partition coefficient (Wildman–Crippen LogP) is 10.3. The summed E-state index contributed by atoms with van der Waals surface area (Å²) in [5.41, 5.74) is 15.3. The predicted molar refractivity (Wildman–Crippen MR) is 268 cm³/mol. The van der Waals surface area contributed by atoms with Crippen molar-refractivity contribution < 1.29 is 28.7 Å². The number of fused-ring (bicyclic) bond motifs is 9. The third-order valence-electron chi connectivity index (χ3n) is 17.1. The molecular formula is C56H68N8O6. The van der Waals surface area contributed by atoms with Crippen LogP contribution in [0, 0.1) is 29.6 Å². The fourth-order valence-corrected chi connectivity index (χ4v) is 13.6. The molecule has 3 aromatic carbocycles. The van der Waals surface area contributed by atoms with E-state index in [1.807, 2.05) is 43.7 Å². The summed E-state index contributed by atoms with van der Waals surface area (Å²) < 4.78 is 9.74. The van der Waals surface area contributed by atoms with Gasteiger partial charge in [0.05, 0.1) is 49.2 Å². The van der Waals surface area contributed by atoms with Crippen LogP contribution < -0.4 is 10.6 Å². The molecule has 0 spiro atoms. The average molecular weight is 949 g/mol. The molecule has 14 nitrogen and oxygen atoms in total. The number of carbonyl (C=O) groups excluding carboxylic acids is 4. The lowest BCUT2D eigenvalue weighted by molar-refractivity contribution is -0.136. The molecule has 11 rings (SSSR count). The van der Waals surface area contributed by atoms with Gasteiger partial charge in [-0.05, 0) is 155 Å². The van der Waals surface area contributed by atoms with Gasteiger partial charge in [0.2, 0.25) is 11.8 Å². The second-order valence-electron chi connectivity index (χ2n) is 22.3. The number of aromatic amines is 2. The number of carbonyl (C=O) groups is 4. The van der Waals surface area contributed by atoms with Crippen LogP contribution in [0.4, 0.5) is 9.59 Å². The van der Waals surface area contributed by atoms with Crippen molar-refractivity contribution in [1.82, 2.24) is 40.4 Å². The zero-order chi connectivity index (χ0) is 48.9. The number of nitrogens with one attached hydrogen (secondary N) is 4.